The Balaban J connectivity index is 0.000000412. The van der Waals surface area contributed by atoms with Gasteiger partial charge in [0.1, 0.15) is 18.2 Å². The maximum Gasteiger partial charge on any atom is 0.350 e. The van der Waals surface area contributed by atoms with Crippen molar-refractivity contribution in [3.8, 4) is 0 Å². The standard InChI is InChI=1S/C9H14N5O4P.C6H15N/c1-6(18-5-19(15,16)17)2-14-4-13-7-8(10)11-3-12-9(7)14;1-5(2)7-6(3)4/h3-4,6H,2,5H2,1H3,(H2,10,11,12)(H2,15,16,17);5-7H,1-4H3/t6-;/m1./s1. The molecule has 0 aliphatic rings. The van der Waals surface area contributed by atoms with E-state index >= 15 is 0 Å². The number of ether oxygens (including phenoxy) is 1. The van der Waals surface area contributed by atoms with E-state index in [0.29, 0.717) is 29.8 Å². The number of nitrogens with zero attached hydrogens (tertiary/aromatic N) is 4. The van der Waals surface area contributed by atoms with E-state index in [-0.39, 0.29) is 5.82 Å². The molecule has 2 heterocycles. The van der Waals surface area contributed by atoms with Gasteiger partial charge in [-0.3, -0.25) is 4.57 Å². The van der Waals surface area contributed by atoms with Crippen molar-refractivity contribution < 1.29 is 19.1 Å². The topological polar surface area (TPSA) is 148 Å². The molecule has 0 amide bonds. The Bertz CT molecular complexity index is 724. The third kappa shape index (κ3) is 8.20. The summed E-state index contributed by atoms with van der Waals surface area (Å²) in [5.74, 6) is 0.285. The smallest absolute Gasteiger partial charge is 0.350 e. The number of nitrogens with one attached hydrogen (secondary N) is 1. The van der Waals surface area contributed by atoms with Crippen LogP contribution < -0.4 is 11.1 Å². The number of fused-ring (bicyclic) bond motifs is 1. The van der Waals surface area contributed by atoms with E-state index in [9.17, 15) is 4.57 Å². The van der Waals surface area contributed by atoms with E-state index in [1.54, 1.807) is 11.5 Å². The lowest BCUT2D eigenvalue weighted by Crippen LogP contribution is -2.29. The van der Waals surface area contributed by atoms with Gasteiger partial charge in [-0.1, -0.05) is 27.7 Å². The second-order valence-corrected chi connectivity index (χ2v) is 8.16. The molecule has 1 atom stereocenters. The average molecular weight is 388 g/mol. The molecule has 0 spiro atoms. The summed E-state index contributed by atoms with van der Waals surface area (Å²) in [5.41, 5.74) is 6.70. The van der Waals surface area contributed by atoms with Crippen LogP contribution in [-0.4, -0.2) is 53.8 Å². The van der Waals surface area contributed by atoms with Crippen LogP contribution in [-0.2, 0) is 15.8 Å². The Labute approximate surface area is 153 Å². The maximum atomic E-state index is 10.7. The van der Waals surface area contributed by atoms with Gasteiger partial charge in [-0.25, -0.2) is 15.0 Å². The van der Waals surface area contributed by atoms with Crippen molar-refractivity contribution >= 4 is 24.6 Å². The van der Waals surface area contributed by atoms with Gasteiger partial charge >= 0.3 is 7.60 Å². The third-order valence-electron chi connectivity index (χ3n) is 3.08. The van der Waals surface area contributed by atoms with Crippen molar-refractivity contribution in [2.75, 3.05) is 12.1 Å². The Hall–Kier alpha value is -1.58. The highest BCUT2D eigenvalue weighted by molar-refractivity contribution is 7.51. The maximum absolute atomic E-state index is 10.7. The summed E-state index contributed by atoms with van der Waals surface area (Å²) >= 11 is 0. The molecule has 0 fully saturated rings. The molecule has 148 valence electrons. The van der Waals surface area contributed by atoms with Gasteiger partial charge in [0.05, 0.1) is 19.0 Å². The molecule has 2 aromatic rings. The van der Waals surface area contributed by atoms with E-state index in [1.165, 1.54) is 12.7 Å². The van der Waals surface area contributed by atoms with Crippen LogP contribution >= 0.6 is 7.60 Å². The molecule has 0 unspecified atom stereocenters. The van der Waals surface area contributed by atoms with Crippen molar-refractivity contribution in [1.82, 2.24) is 24.8 Å². The van der Waals surface area contributed by atoms with Gasteiger partial charge in [-0.05, 0) is 6.92 Å². The number of hydrogen-bond acceptors (Lipinski definition) is 7. The molecular weight excluding hydrogens is 359 g/mol. The minimum absolute atomic E-state index is 0.285. The number of nitrogen functional groups attached to an aromatic ring is 1. The molecular formula is C15H29N6O4P. The van der Waals surface area contributed by atoms with Gasteiger partial charge in [0.2, 0.25) is 0 Å². The number of imidazole rings is 1. The van der Waals surface area contributed by atoms with Crippen molar-refractivity contribution in [2.45, 2.75) is 59.4 Å². The summed E-state index contributed by atoms with van der Waals surface area (Å²) in [7, 11) is -4.16. The van der Waals surface area contributed by atoms with E-state index in [0.717, 1.165) is 0 Å². The van der Waals surface area contributed by atoms with E-state index in [2.05, 4.69) is 48.0 Å². The van der Waals surface area contributed by atoms with Crippen LogP contribution in [0.15, 0.2) is 12.7 Å². The van der Waals surface area contributed by atoms with Gasteiger partial charge < -0.3 is 30.1 Å². The van der Waals surface area contributed by atoms with Gasteiger partial charge in [0, 0.05) is 12.1 Å². The molecule has 0 aromatic carbocycles. The first-order valence-electron chi connectivity index (χ1n) is 8.33. The molecule has 0 saturated heterocycles. The van der Waals surface area contributed by atoms with Crippen LogP contribution in [0.2, 0.25) is 0 Å². The lowest BCUT2D eigenvalue weighted by atomic mass is 10.3. The molecule has 2 aromatic heterocycles. The van der Waals surface area contributed by atoms with Crippen LogP contribution in [0.25, 0.3) is 11.2 Å². The highest BCUT2D eigenvalue weighted by Crippen LogP contribution is 2.34. The summed E-state index contributed by atoms with van der Waals surface area (Å²) in [6, 6.07) is 1.25. The van der Waals surface area contributed by atoms with E-state index < -0.39 is 20.0 Å². The van der Waals surface area contributed by atoms with Crippen molar-refractivity contribution in [2.24, 2.45) is 0 Å². The molecule has 5 N–H and O–H groups in total. The fraction of sp³-hybridized carbons (Fsp3) is 0.667. The first-order valence-corrected chi connectivity index (χ1v) is 10.1. The first-order chi connectivity index (χ1) is 12.0. The summed E-state index contributed by atoms with van der Waals surface area (Å²) in [6.07, 6.45) is 1.85. The predicted molar refractivity (Wildman–Crippen MR) is 101 cm³/mol. The molecule has 0 bridgehead atoms. The van der Waals surface area contributed by atoms with Crippen LogP contribution in [0.1, 0.15) is 34.6 Å². The SMILES string of the molecule is CC(C)NC(C)C.C[C@H](Cn1cnc2c(N)ncnc21)OCP(=O)(O)O. The average Bonchev–Trinajstić information content (AvgIpc) is 2.88. The molecule has 0 aliphatic heterocycles. The summed E-state index contributed by atoms with van der Waals surface area (Å²) in [6.45, 7) is 10.7. The fourth-order valence-corrected chi connectivity index (χ4v) is 2.70. The van der Waals surface area contributed by atoms with Crippen LogP contribution in [0.4, 0.5) is 5.82 Å². The zero-order valence-electron chi connectivity index (χ0n) is 15.8. The first kappa shape index (κ1) is 22.5. The Morgan fingerprint density at radius 1 is 1.19 bits per heavy atom. The Kier molecular flexibility index (Phi) is 8.58. The number of rotatable bonds is 7. The number of nitrogens with two attached hydrogens (primary N) is 1. The van der Waals surface area contributed by atoms with Gasteiger partial charge in [0.15, 0.2) is 11.5 Å². The highest BCUT2D eigenvalue weighted by atomic mass is 31.2. The van der Waals surface area contributed by atoms with Crippen molar-refractivity contribution in [1.29, 1.82) is 0 Å². The van der Waals surface area contributed by atoms with Gasteiger partial charge in [-0.15, -0.1) is 0 Å². The second kappa shape index (κ2) is 9.94. The molecule has 26 heavy (non-hydrogen) atoms. The van der Waals surface area contributed by atoms with E-state index in [1.807, 2.05) is 0 Å². The summed E-state index contributed by atoms with van der Waals surface area (Å²) < 4.78 is 17.5. The lowest BCUT2D eigenvalue weighted by molar-refractivity contribution is 0.0764. The van der Waals surface area contributed by atoms with E-state index in [4.69, 9.17) is 20.3 Å². The highest BCUT2D eigenvalue weighted by Gasteiger charge is 2.16. The molecule has 11 heteroatoms. The molecule has 0 aliphatic carbocycles. The summed E-state index contributed by atoms with van der Waals surface area (Å²) in [4.78, 5) is 29.4. The van der Waals surface area contributed by atoms with Gasteiger partial charge in [0.25, 0.3) is 0 Å². The Morgan fingerprint density at radius 3 is 2.31 bits per heavy atom. The van der Waals surface area contributed by atoms with Crippen LogP contribution in [0.5, 0.6) is 0 Å². The minimum Gasteiger partial charge on any atom is -0.382 e. The third-order valence-corrected chi connectivity index (χ3v) is 3.56. The molecule has 0 saturated carbocycles. The van der Waals surface area contributed by atoms with Gasteiger partial charge in [-0.2, -0.15) is 0 Å². The predicted octanol–water partition coefficient (Wildman–Crippen LogP) is 1.34. The zero-order chi connectivity index (χ0) is 19.9. The number of hydrogen-bond donors (Lipinski definition) is 4. The normalized spacial score (nSPS) is 13.1. The van der Waals surface area contributed by atoms with Crippen molar-refractivity contribution in [3.05, 3.63) is 12.7 Å². The quantitative estimate of drug-likeness (QED) is 0.515. The lowest BCUT2D eigenvalue weighted by Gasteiger charge is -2.14. The summed E-state index contributed by atoms with van der Waals surface area (Å²) in [5, 5.41) is 3.31. The fourth-order valence-electron chi connectivity index (χ4n) is 2.25. The zero-order valence-corrected chi connectivity index (χ0v) is 16.7. The number of anilines is 1. The van der Waals surface area contributed by atoms with Crippen LogP contribution in [0.3, 0.4) is 0 Å². The Morgan fingerprint density at radius 2 is 1.81 bits per heavy atom. The monoisotopic (exact) mass is 388 g/mol. The van der Waals surface area contributed by atoms with Crippen LogP contribution in [0, 0.1) is 0 Å². The van der Waals surface area contributed by atoms with Crippen molar-refractivity contribution in [3.63, 3.8) is 0 Å². The second-order valence-electron chi connectivity index (χ2n) is 6.58. The molecule has 2 rings (SSSR count). The molecule has 0 radical (unpaired) electrons. The largest absolute Gasteiger partial charge is 0.382 e. The minimum atomic E-state index is -4.16. The molecule has 10 nitrogen and oxygen atoms in total. The number of aromatic nitrogens is 4.